The second-order valence-electron chi connectivity index (χ2n) is 6.09. The van der Waals surface area contributed by atoms with Gasteiger partial charge in [0.15, 0.2) is 0 Å². The molecule has 2 aromatic carbocycles. The first-order chi connectivity index (χ1) is 13.7. The van der Waals surface area contributed by atoms with Crippen molar-refractivity contribution in [1.82, 2.24) is 9.97 Å². The minimum atomic E-state index is 0.0936. The summed E-state index contributed by atoms with van der Waals surface area (Å²) < 4.78 is 11.6. The zero-order valence-corrected chi connectivity index (χ0v) is 15.7. The summed E-state index contributed by atoms with van der Waals surface area (Å²) in [6, 6.07) is 19.0. The normalized spacial score (nSPS) is 12.1. The van der Waals surface area contributed by atoms with Gasteiger partial charge < -0.3 is 8.83 Å². The Morgan fingerprint density at radius 3 is 2.04 bits per heavy atom. The van der Waals surface area contributed by atoms with Crippen LogP contribution in [0, 0.1) is 5.41 Å². The van der Waals surface area contributed by atoms with Crippen molar-refractivity contribution in [1.29, 1.82) is 5.41 Å². The maximum atomic E-state index is 8.12. The van der Waals surface area contributed by atoms with Crippen molar-refractivity contribution >= 4 is 33.1 Å². The molecular formula is C21H14N4O2S. The van der Waals surface area contributed by atoms with E-state index in [0.717, 1.165) is 26.2 Å². The van der Waals surface area contributed by atoms with E-state index in [0.29, 0.717) is 22.7 Å². The second kappa shape index (κ2) is 6.54. The van der Waals surface area contributed by atoms with Crippen molar-refractivity contribution in [3.63, 3.8) is 0 Å². The highest BCUT2D eigenvalue weighted by Crippen LogP contribution is 2.33. The maximum absolute atomic E-state index is 8.12. The lowest BCUT2D eigenvalue weighted by atomic mass is 10.2. The van der Waals surface area contributed by atoms with Gasteiger partial charge in [0.05, 0.1) is 31.6 Å². The molecule has 0 saturated carbocycles. The molecule has 0 unspecified atom stereocenters. The Balaban J connectivity index is 1.64. The van der Waals surface area contributed by atoms with Gasteiger partial charge in [0.25, 0.3) is 0 Å². The molecule has 0 fully saturated rings. The Morgan fingerprint density at radius 1 is 0.786 bits per heavy atom. The Kier molecular flexibility index (Phi) is 3.87. The number of thiophene rings is 1. The molecule has 3 heterocycles. The van der Waals surface area contributed by atoms with Crippen molar-refractivity contribution in [3.8, 4) is 21.5 Å². The van der Waals surface area contributed by atoms with Crippen molar-refractivity contribution in [3.05, 3.63) is 71.8 Å². The van der Waals surface area contributed by atoms with Gasteiger partial charge >= 0.3 is 0 Å². The molecule has 5 rings (SSSR count). The fraction of sp³-hybridized carbons (Fsp3) is 0.0476. The van der Waals surface area contributed by atoms with Gasteiger partial charge in [0.1, 0.15) is 0 Å². The van der Waals surface area contributed by atoms with Crippen LogP contribution in [0.4, 0.5) is 0 Å². The molecule has 28 heavy (non-hydrogen) atoms. The molecule has 0 bridgehead atoms. The van der Waals surface area contributed by atoms with Crippen molar-refractivity contribution in [2.45, 2.75) is 0 Å². The van der Waals surface area contributed by atoms with Gasteiger partial charge in [-0.3, -0.25) is 10.4 Å². The average Bonchev–Trinajstić information content (AvgIpc) is 3.23. The number of hydrogen-bond donors (Lipinski definition) is 1. The summed E-state index contributed by atoms with van der Waals surface area (Å²) in [5, 5.41) is 9.68. The third-order valence-electron chi connectivity index (χ3n) is 4.35. The van der Waals surface area contributed by atoms with Crippen LogP contribution in [-0.4, -0.2) is 17.0 Å². The van der Waals surface area contributed by atoms with Gasteiger partial charge in [-0.25, -0.2) is 9.97 Å². The first-order valence-electron chi connectivity index (χ1n) is 8.61. The number of hydrogen-bond acceptors (Lipinski definition) is 7. The predicted molar refractivity (Wildman–Crippen MR) is 108 cm³/mol. The third-order valence-corrected chi connectivity index (χ3v) is 5.41. The first kappa shape index (κ1) is 16.6. The second-order valence-corrected chi connectivity index (χ2v) is 7.18. The van der Waals surface area contributed by atoms with Gasteiger partial charge in [-0.15, -0.1) is 11.3 Å². The lowest BCUT2D eigenvalue weighted by Crippen LogP contribution is -2.04. The third kappa shape index (κ3) is 2.73. The Labute approximate surface area is 163 Å². The summed E-state index contributed by atoms with van der Waals surface area (Å²) in [5.74, 6) is 0.892. The minimum Gasteiger partial charge on any atom is -0.419 e. The number of nitrogens with zero attached hydrogens (tertiary/aromatic N) is 3. The van der Waals surface area contributed by atoms with Crippen molar-refractivity contribution in [2.24, 2.45) is 4.99 Å². The van der Waals surface area contributed by atoms with Gasteiger partial charge in [-0.2, -0.15) is 0 Å². The lowest BCUT2D eigenvalue weighted by Gasteiger charge is -2.01. The van der Waals surface area contributed by atoms with E-state index < -0.39 is 0 Å². The van der Waals surface area contributed by atoms with E-state index in [2.05, 4.69) is 15.0 Å². The van der Waals surface area contributed by atoms with E-state index in [-0.39, 0.29) is 5.55 Å². The lowest BCUT2D eigenvalue weighted by molar-refractivity contribution is 0.496. The van der Waals surface area contributed by atoms with Crippen molar-refractivity contribution < 1.29 is 8.83 Å². The van der Waals surface area contributed by atoms with Crippen LogP contribution in [0.15, 0.2) is 74.5 Å². The summed E-state index contributed by atoms with van der Waals surface area (Å²) in [6.07, 6.45) is 0. The molecule has 0 saturated heterocycles. The van der Waals surface area contributed by atoms with E-state index >= 15 is 0 Å². The highest BCUT2D eigenvalue weighted by Gasteiger charge is 2.14. The molecule has 136 valence electrons. The molecule has 7 heteroatoms. The molecule has 6 nitrogen and oxygen atoms in total. The molecule has 0 radical (unpaired) electrons. The molecule has 0 spiro atoms. The number of nitrogens with one attached hydrogen (secondary N) is 1. The number of para-hydroxylation sites is 2. The van der Waals surface area contributed by atoms with Gasteiger partial charge in [-0.05, 0) is 36.4 Å². The fourth-order valence-electron chi connectivity index (χ4n) is 3.02. The highest BCUT2D eigenvalue weighted by atomic mass is 32.1. The van der Waals surface area contributed by atoms with E-state index in [1.54, 1.807) is 7.05 Å². The zero-order chi connectivity index (χ0) is 19.1. The summed E-state index contributed by atoms with van der Waals surface area (Å²) in [5.41, 5.74) is 2.18. The van der Waals surface area contributed by atoms with E-state index in [1.165, 1.54) is 11.3 Å². The molecule has 5 aromatic rings. The van der Waals surface area contributed by atoms with Crippen molar-refractivity contribution in [2.75, 3.05) is 7.05 Å². The molecule has 0 aliphatic rings. The number of rotatable bonds is 2. The van der Waals surface area contributed by atoms with Crippen LogP contribution in [0.25, 0.3) is 43.3 Å². The maximum Gasteiger partial charge on any atom is 0.239 e. The largest absolute Gasteiger partial charge is 0.419 e. The molecular weight excluding hydrogens is 372 g/mol. The molecule has 3 aromatic heterocycles. The van der Waals surface area contributed by atoms with Crippen LogP contribution in [0.5, 0.6) is 0 Å². The van der Waals surface area contributed by atoms with E-state index in [4.69, 9.17) is 14.2 Å². The number of fused-ring (bicyclic) bond motifs is 2. The standard InChI is InChI=1S/C21H14N4O2S/c1-23-19-13-7-3-5-9-15(13)25-21(27-19)17-11-10-16(28-17)20-24-14-8-4-2-6-12(14)18(22)26-20/h2-11,22H,1H3/b22-18?,23-19-. The molecule has 1 N–H and O–H groups in total. The molecule has 0 aliphatic heterocycles. The minimum absolute atomic E-state index is 0.0936. The van der Waals surface area contributed by atoms with Crippen LogP contribution in [0.3, 0.4) is 0 Å². The molecule has 0 aliphatic carbocycles. The van der Waals surface area contributed by atoms with Crippen LogP contribution in [0.1, 0.15) is 0 Å². The quantitative estimate of drug-likeness (QED) is 0.488. The van der Waals surface area contributed by atoms with E-state index in [1.807, 2.05) is 60.7 Å². The smallest absolute Gasteiger partial charge is 0.239 e. The van der Waals surface area contributed by atoms with Gasteiger partial charge in [-0.1, -0.05) is 24.3 Å². The molecule has 0 amide bonds. The Morgan fingerprint density at radius 2 is 1.36 bits per heavy atom. The van der Waals surface area contributed by atoms with Crippen LogP contribution in [-0.2, 0) is 0 Å². The topological polar surface area (TPSA) is 88.3 Å². The summed E-state index contributed by atoms with van der Waals surface area (Å²) in [4.78, 5) is 15.0. The Bertz CT molecular complexity index is 1460. The predicted octanol–water partition coefficient (Wildman–Crippen LogP) is 4.37. The fourth-order valence-corrected chi connectivity index (χ4v) is 3.88. The van der Waals surface area contributed by atoms with Gasteiger partial charge in [0.2, 0.25) is 22.9 Å². The summed E-state index contributed by atoms with van der Waals surface area (Å²) in [7, 11) is 1.70. The van der Waals surface area contributed by atoms with Gasteiger partial charge in [0, 0.05) is 7.05 Å². The molecule has 0 atom stereocenters. The zero-order valence-electron chi connectivity index (χ0n) is 14.8. The van der Waals surface area contributed by atoms with Crippen LogP contribution >= 0.6 is 11.3 Å². The number of benzene rings is 2. The van der Waals surface area contributed by atoms with Crippen LogP contribution < -0.4 is 11.1 Å². The average molecular weight is 386 g/mol. The summed E-state index contributed by atoms with van der Waals surface area (Å²) in [6.45, 7) is 0. The Hall–Kier alpha value is -3.58. The SMILES string of the molecule is C/N=c1\oc(-c2ccc(-c3nc4ccccc4c(=N)o3)s2)nc2ccccc12. The monoisotopic (exact) mass is 386 g/mol. The van der Waals surface area contributed by atoms with Crippen LogP contribution in [0.2, 0.25) is 0 Å². The first-order valence-corrected chi connectivity index (χ1v) is 9.42. The summed E-state index contributed by atoms with van der Waals surface area (Å²) >= 11 is 1.45. The van der Waals surface area contributed by atoms with E-state index in [9.17, 15) is 0 Å². The number of aromatic nitrogens is 2. The highest BCUT2D eigenvalue weighted by molar-refractivity contribution is 7.18.